The van der Waals surface area contributed by atoms with Crippen molar-refractivity contribution in [2.24, 2.45) is 0 Å². The quantitative estimate of drug-likeness (QED) is 0.430. The van der Waals surface area contributed by atoms with Crippen molar-refractivity contribution in [1.29, 1.82) is 0 Å². The molecule has 0 bridgehead atoms. The molecule has 2 amide bonds. The fraction of sp³-hybridized carbons (Fsp3) is 0.0476. The molecular formula is C21H17N5O3S. The lowest BCUT2D eigenvalue weighted by Gasteiger charge is -2.04. The molecule has 2 heterocycles. The topological polar surface area (TPSA) is 109 Å². The maximum absolute atomic E-state index is 12.3. The fourth-order valence-corrected chi connectivity index (χ4v) is 3.50. The summed E-state index contributed by atoms with van der Waals surface area (Å²) in [5, 5.41) is 7.53. The lowest BCUT2D eigenvalue weighted by atomic mass is 10.1. The van der Waals surface area contributed by atoms with Crippen LogP contribution in [0.3, 0.4) is 0 Å². The summed E-state index contributed by atoms with van der Waals surface area (Å²) in [7, 11) is 1.59. The first kappa shape index (κ1) is 19.3. The number of aromatic nitrogens is 3. The highest BCUT2D eigenvalue weighted by atomic mass is 32.1. The van der Waals surface area contributed by atoms with Crippen LogP contribution in [-0.2, 0) is 0 Å². The second-order valence-electron chi connectivity index (χ2n) is 6.20. The molecular weight excluding hydrogens is 402 g/mol. The molecule has 0 saturated heterocycles. The average Bonchev–Trinajstić information content (AvgIpc) is 3.48. The van der Waals surface area contributed by atoms with Crippen LogP contribution in [0.25, 0.3) is 21.8 Å². The van der Waals surface area contributed by atoms with Gasteiger partial charge in [0.15, 0.2) is 0 Å². The fourth-order valence-electron chi connectivity index (χ4n) is 2.68. The minimum Gasteiger partial charge on any atom is -0.497 e. The predicted molar refractivity (Wildman–Crippen MR) is 113 cm³/mol. The van der Waals surface area contributed by atoms with Gasteiger partial charge in [0.2, 0.25) is 0 Å². The van der Waals surface area contributed by atoms with Gasteiger partial charge in [-0.3, -0.25) is 25.5 Å². The van der Waals surface area contributed by atoms with Crippen LogP contribution in [0.15, 0.2) is 66.9 Å². The molecule has 0 radical (unpaired) electrons. The van der Waals surface area contributed by atoms with E-state index in [-0.39, 0.29) is 5.69 Å². The lowest BCUT2D eigenvalue weighted by Crippen LogP contribution is -2.41. The number of rotatable bonds is 5. The second kappa shape index (κ2) is 8.58. The normalized spacial score (nSPS) is 10.4. The molecule has 30 heavy (non-hydrogen) atoms. The predicted octanol–water partition coefficient (Wildman–Crippen LogP) is 3.28. The maximum atomic E-state index is 12.3. The molecule has 8 nitrogen and oxygen atoms in total. The zero-order valence-electron chi connectivity index (χ0n) is 15.9. The van der Waals surface area contributed by atoms with Crippen LogP contribution in [0, 0.1) is 0 Å². The number of nitrogens with zero attached hydrogens (tertiary/aromatic N) is 2. The lowest BCUT2D eigenvalue weighted by molar-refractivity contribution is 0.0846. The number of hydrogen-bond acceptors (Lipinski definition) is 6. The summed E-state index contributed by atoms with van der Waals surface area (Å²) in [5.74, 6) is -0.227. The molecule has 0 aliphatic carbocycles. The number of hydrogen-bond donors (Lipinski definition) is 3. The average molecular weight is 419 g/mol. The summed E-state index contributed by atoms with van der Waals surface area (Å²) >= 11 is 1.24. The van der Waals surface area contributed by atoms with E-state index in [1.54, 1.807) is 13.2 Å². The minimum absolute atomic E-state index is 0.218. The van der Waals surface area contributed by atoms with Gasteiger partial charge in [-0.2, -0.15) is 5.10 Å². The van der Waals surface area contributed by atoms with Gasteiger partial charge in [0.05, 0.1) is 19.0 Å². The van der Waals surface area contributed by atoms with E-state index in [4.69, 9.17) is 4.74 Å². The van der Waals surface area contributed by atoms with Crippen LogP contribution in [0.2, 0.25) is 0 Å². The Morgan fingerprint density at radius 2 is 1.70 bits per heavy atom. The Morgan fingerprint density at radius 1 is 0.967 bits per heavy atom. The van der Waals surface area contributed by atoms with Crippen molar-refractivity contribution in [2.45, 2.75) is 0 Å². The van der Waals surface area contributed by atoms with Crippen LogP contribution < -0.4 is 15.6 Å². The first-order valence-electron chi connectivity index (χ1n) is 8.96. The molecule has 0 aliphatic rings. The molecule has 0 unspecified atom stereocenters. The SMILES string of the molecule is COc1ccc(-c2cc(C(=O)NNC(=O)c3cnc(-c4ccccc4)s3)[nH]n2)cc1. The molecule has 4 rings (SSSR count). The van der Waals surface area contributed by atoms with Crippen molar-refractivity contribution in [3.63, 3.8) is 0 Å². The summed E-state index contributed by atoms with van der Waals surface area (Å²) in [6.07, 6.45) is 1.48. The van der Waals surface area contributed by atoms with Gasteiger partial charge in [-0.15, -0.1) is 11.3 Å². The van der Waals surface area contributed by atoms with Crippen LogP contribution in [-0.4, -0.2) is 34.1 Å². The highest BCUT2D eigenvalue weighted by Gasteiger charge is 2.15. The molecule has 4 aromatic rings. The minimum atomic E-state index is -0.511. The van der Waals surface area contributed by atoms with Gasteiger partial charge in [0.1, 0.15) is 21.3 Å². The van der Waals surface area contributed by atoms with E-state index in [2.05, 4.69) is 26.0 Å². The van der Waals surface area contributed by atoms with Crippen LogP contribution >= 0.6 is 11.3 Å². The Morgan fingerprint density at radius 3 is 2.43 bits per heavy atom. The van der Waals surface area contributed by atoms with E-state index in [1.165, 1.54) is 17.5 Å². The molecule has 2 aromatic heterocycles. The Bertz CT molecular complexity index is 1170. The summed E-state index contributed by atoms with van der Waals surface area (Å²) in [5.41, 5.74) is 7.34. The van der Waals surface area contributed by atoms with Crippen molar-refractivity contribution >= 4 is 23.2 Å². The van der Waals surface area contributed by atoms with Crippen molar-refractivity contribution in [1.82, 2.24) is 26.0 Å². The van der Waals surface area contributed by atoms with Gasteiger partial charge in [-0.25, -0.2) is 4.98 Å². The summed E-state index contributed by atoms with van der Waals surface area (Å²) < 4.78 is 5.13. The third-order valence-corrected chi connectivity index (χ3v) is 5.29. The van der Waals surface area contributed by atoms with Crippen molar-refractivity contribution in [3.05, 3.63) is 77.4 Å². The van der Waals surface area contributed by atoms with Crippen molar-refractivity contribution < 1.29 is 14.3 Å². The number of amides is 2. The zero-order chi connectivity index (χ0) is 20.9. The van der Waals surface area contributed by atoms with E-state index in [0.717, 1.165) is 21.9 Å². The first-order valence-corrected chi connectivity index (χ1v) is 9.77. The number of nitrogens with one attached hydrogen (secondary N) is 3. The Hall–Kier alpha value is -3.98. The van der Waals surface area contributed by atoms with E-state index < -0.39 is 11.8 Å². The number of methoxy groups -OCH3 is 1. The molecule has 150 valence electrons. The second-order valence-corrected chi connectivity index (χ2v) is 7.23. The van der Waals surface area contributed by atoms with Gasteiger partial charge >= 0.3 is 0 Å². The van der Waals surface area contributed by atoms with E-state index >= 15 is 0 Å². The standard InChI is InChI=1S/C21H17N5O3S/c1-29-15-9-7-13(8-10-15)16-11-17(24-23-16)19(27)25-26-20(28)18-12-22-21(30-18)14-5-3-2-4-6-14/h2-12H,1H3,(H,23,24)(H,25,27)(H,26,28). The number of benzene rings is 2. The summed E-state index contributed by atoms with van der Waals surface area (Å²) in [4.78, 5) is 29.3. The van der Waals surface area contributed by atoms with Crippen molar-refractivity contribution in [2.75, 3.05) is 7.11 Å². The van der Waals surface area contributed by atoms with Crippen LogP contribution in [0.5, 0.6) is 5.75 Å². The van der Waals surface area contributed by atoms with Crippen LogP contribution in [0.1, 0.15) is 20.2 Å². The third kappa shape index (κ3) is 4.20. The molecule has 0 spiro atoms. The number of hydrazine groups is 1. The summed E-state index contributed by atoms with van der Waals surface area (Å²) in [6, 6.07) is 18.5. The number of carbonyl (C=O) groups excluding carboxylic acids is 2. The molecule has 0 aliphatic heterocycles. The number of carbonyl (C=O) groups is 2. The van der Waals surface area contributed by atoms with E-state index in [9.17, 15) is 9.59 Å². The highest BCUT2D eigenvalue weighted by Crippen LogP contribution is 2.24. The van der Waals surface area contributed by atoms with Crippen molar-refractivity contribution in [3.8, 4) is 27.6 Å². The number of ether oxygens (including phenoxy) is 1. The molecule has 3 N–H and O–H groups in total. The number of aromatic amines is 1. The molecule has 2 aromatic carbocycles. The summed E-state index contributed by atoms with van der Waals surface area (Å²) in [6.45, 7) is 0. The monoisotopic (exact) mass is 419 g/mol. The first-order chi connectivity index (χ1) is 14.6. The smallest absolute Gasteiger partial charge is 0.287 e. The van der Waals surface area contributed by atoms with Gasteiger partial charge in [0, 0.05) is 11.1 Å². The number of H-pyrrole nitrogens is 1. The molecule has 0 atom stereocenters. The Kier molecular flexibility index (Phi) is 5.53. The van der Waals surface area contributed by atoms with E-state index in [0.29, 0.717) is 10.6 Å². The Balaban J connectivity index is 1.37. The number of thiazole rings is 1. The molecule has 0 saturated carbocycles. The molecule has 0 fully saturated rings. The van der Waals surface area contributed by atoms with E-state index in [1.807, 2.05) is 54.6 Å². The third-order valence-electron chi connectivity index (χ3n) is 4.25. The van der Waals surface area contributed by atoms with Gasteiger partial charge in [0.25, 0.3) is 11.8 Å². The van der Waals surface area contributed by atoms with Gasteiger partial charge < -0.3 is 4.74 Å². The maximum Gasteiger partial charge on any atom is 0.287 e. The molecule has 9 heteroatoms. The van der Waals surface area contributed by atoms with Crippen LogP contribution in [0.4, 0.5) is 0 Å². The largest absolute Gasteiger partial charge is 0.497 e. The zero-order valence-corrected chi connectivity index (χ0v) is 16.7. The Labute approximate surface area is 175 Å². The highest BCUT2D eigenvalue weighted by molar-refractivity contribution is 7.16. The van der Waals surface area contributed by atoms with Gasteiger partial charge in [-0.1, -0.05) is 30.3 Å². The van der Waals surface area contributed by atoms with Gasteiger partial charge in [-0.05, 0) is 30.3 Å².